The van der Waals surface area contributed by atoms with Crippen molar-refractivity contribution in [2.24, 2.45) is 5.73 Å². The molecule has 0 saturated heterocycles. The first-order valence-electron chi connectivity index (χ1n) is 6.94. The SMILES string of the molecule is COCCCNC(=O)C(C)Oc1ccc([C@@H](C)N)cc1F. The Hall–Kier alpha value is -1.66. The standard InChI is InChI=1S/C15H23FN2O3/c1-10(17)12-5-6-14(13(16)9-12)21-11(2)15(19)18-7-4-8-20-3/h5-6,9-11H,4,7-8,17H2,1-3H3,(H,18,19)/t10-,11?/m1/s1. The van der Waals surface area contributed by atoms with Gasteiger partial charge in [0, 0.05) is 26.3 Å². The number of nitrogens with two attached hydrogens (primary N) is 1. The van der Waals surface area contributed by atoms with Crippen LogP contribution in [-0.4, -0.2) is 32.3 Å². The molecule has 0 heterocycles. The lowest BCUT2D eigenvalue weighted by atomic mass is 10.1. The molecule has 21 heavy (non-hydrogen) atoms. The Bertz CT molecular complexity index is 466. The fraction of sp³-hybridized carbons (Fsp3) is 0.533. The fourth-order valence-corrected chi connectivity index (χ4v) is 1.71. The third-order valence-corrected chi connectivity index (χ3v) is 2.98. The van der Waals surface area contributed by atoms with E-state index in [4.69, 9.17) is 15.2 Å². The topological polar surface area (TPSA) is 73.6 Å². The zero-order valence-corrected chi connectivity index (χ0v) is 12.7. The van der Waals surface area contributed by atoms with E-state index in [2.05, 4.69) is 5.32 Å². The highest BCUT2D eigenvalue weighted by atomic mass is 19.1. The lowest BCUT2D eigenvalue weighted by Gasteiger charge is -2.16. The molecule has 0 aromatic heterocycles. The molecule has 6 heteroatoms. The highest BCUT2D eigenvalue weighted by Gasteiger charge is 2.16. The number of halogens is 1. The lowest BCUT2D eigenvalue weighted by molar-refractivity contribution is -0.127. The molecule has 0 radical (unpaired) electrons. The van der Waals surface area contributed by atoms with Gasteiger partial charge < -0.3 is 20.5 Å². The minimum atomic E-state index is -0.775. The number of amides is 1. The third kappa shape index (κ3) is 5.69. The van der Waals surface area contributed by atoms with Gasteiger partial charge in [-0.25, -0.2) is 4.39 Å². The van der Waals surface area contributed by atoms with Gasteiger partial charge in [0.05, 0.1) is 0 Å². The predicted molar refractivity (Wildman–Crippen MR) is 78.6 cm³/mol. The zero-order chi connectivity index (χ0) is 15.8. The molecular weight excluding hydrogens is 275 g/mol. The van der Waals surface area contributed by atoms with Gasteiger partial charge in [0.15, 0.2) is 17.7 Å². The monoisotopic (exact) mass is 298 g/mol. The largest absolute Gasteiger partial charge is 0.478 e. The summed E-state index contributed by atoms with van der Waals surface area (Å²) < 4.78 is 24.1. The highest BCUT2D eigenvalue weighted by Crippen LogP contribution is 2.22. The van der Waals surface area contributed by atoms with Crippen molar-refractivity contribution >= 4 is 5.91 Å². The Morgan fingerprint density at radius 1 is 1.43 bits per heavy atom. The molecule has 0 spiro atoms. The summed E-state index contributed by atoms with van der Waals surface area (Å²) in [4.78, 5) is 11.8. The van der Waals surface area contributed by atoms with Crippen molar-refractivity contribution in [1.82, 2.24) is 5.32 Å². The third-order valence-electron chi connectivity index (χ3n) is 2.98. The number of carbonyl (C=O) groups is 1. The van der Waals surface area contributed by atoms with Crippen LogP contribution in [0.15, 0.2) is 18.2 Å². The molecule has 0 bridgehead atoms. The minimum absolute atomic E-state index is 0.0407. The lowest BCUT2D eigenvalue weighted by Crippen LogP contribution is -2.37. The average molecular weight is 298 g/mol. The fourth-order valence-electron chi connectivity index (χ4n) is 1.71. The van der Waals surface area contributed by atoms with Crippen LogP contribution in [0.1, 0.15) is 31.9 Å². The molecule has 0 aliphatic heterocycles. The molecule has 1 aromatic carbocycles. The van der Waals surface area contributed by atoms with E-state index < -0.39 is 11.9 Å². The van der Waals surface area contributed by atoms with Crippen LogP contribution in [0.25, 0.3) is 0 Å². The van der Waals surface area contributed by atoms with Gasteiger partial charge in [-0.3, -0.25) is 4.79 Å². The predicted octanol–water partition coefficient (Wildman–Crippen LogP) is 1.77. The van der Waals surface area contributed by atoms with E-state index in [1.54, 1.807) is 27.0 Å². The Balaban J connectivity index is 2.54. The number of methoxy groups -OCH3 is 1. The van der Waals surface area contributed by atoms with Gasteiger partial charge in [-0.05, 0) is 38.0 Å². The first kappa shape index (κ1) is 17.4. The number of carbonyl (C=O) groups excluding carboxylic acids is 1. The number of benzene rings is 1. The second-order valence-corrected chi connectivity index (χ2v) is 4.88. The molecule has 3 N–H and O–H groups in total. The normalized spacial score (nSPS) is 13.6. The maximum atomic E-state index is 13.9. The maximum Gasteiger partial charge on any atom is 0.260 e. The van der Waals surface area contributed by atoms with Crippen LogP contribution in [0, 0.1) is 5.82 Å². The van der Waals surface area contributed by atoms with Gasteiger partial charge in [-0.1, -0.05) is 6.07 Å². The number of rotatable bonds is 8. The second-order valence-electron chi connectivity index (χ2n) is 4.88. The van der Waals surface area contributed by atoms with Crippen LogP contribution in [0.4, 0.5) is 4.39 Å². The number of hydrogen-bond acceptors (Lipinski definition) is 4. The minimum Gasteiger partial charge on any atom is -0.478 e. The second kappa shape index (κ2) is 8.59. The van der Waals surface area contributed by atoms with E-state index in [1.165, 1.54) is 12.1 Å². The Kier molecular flexibility index (Phi) is 7.11. The molecule has 1 aromatic rings. The molecular formula is C15H23FN2O3. The quantitative estimate of drug-likeness (QED) is 0.717. The van der Waals surface area contributed by atoms with Crippen molar-refractivity contribution in [3.8, 4) is 5.75 Å². The summed E-state index contributed by atoms with van der Waals surface area (Å²) in [5.74, 6) is -0.774. The Labute approximate surface area is 124 Å². The van der Waals surface area contributed by atoms with Crippen molar-refractivity contribution in [1.29, 1.82) is 0 Å². The molecule has 2 atom stereocenters. The molecule has 0 fully saturated rings. The zero-order valence-electron chi connectivity index (χ0n) is 12.7. The molecule has 0 aliphatic rings. The van der Waals surface area contributed by atoms with E-state index in [0.717, 1.165) is 0 Å². The van der Waals surface area contributed by atoms with Crippen molar-refractivity contribution in [2.75, 3.05) is 20.3 Å². The molecule has 0 saturated carbocycles. The van der Waals surface area contributed by atoms with E-state index in [0.29, 0.717) is 25.1 Å². The van der Waals surface area contributed by atoms with Gasteiger partial charge in [0.1, 0.15) is 0 Å². The molecule has 118 valence electrons. The van der Waals surface area contributed by atoms with Crippen molar-refractivity contribution in [2.45, 2.75) is 32.4 Å². The van der Waals surface area contributed by atoms with Gasteiger partial charge in [0.2, 0.25) is 0 Å². The van der Waals surface area contributed by atoms with Gasteiger partial charge in [-0.15, -0.1) is 0 Å². The van der Waals surface area contributed by atoms with E-state index in [-0.39, 0.29) is 17.7 Å². The summed E-state index contributed by atoms with van der Waals surface area (Å²) in [5.41, 5.74) is 6.36. The van der Waals surface area contributed by atoms with Crippen LogP contribution in [0.5, 0.6) is 5.75 Å². The Morgan fingerprint density at radius 2 is 2.14 bits per heavy atom. The number of nitrogens with one attached hydrogen (secondary N) is 1. The van der Waals surface area contributed by atoms with Crippen LogP contribution < -0.4 is 15.8 Å². The van der Waals surface area contributed by atoms with Crippen molar-refractivity contribution in [3.05, 3.63) is 29.6 Å². The molecule has 1 unspecified atom stereocenters. The van der Waals surface area contributed by atoms with Gasteiger partial charge >= 0.3 is 0 Å². The van der Waals surface area contributed by atoms with E-state index >= 15 is 0 Å². The van der Waals surface area contributed by atoms with Crippen LogP contribution in [0.2, 0.25) is 0 Å². The first-order chi connectivity index (χ1) is 9.95. The van der Waals surface area contributed by atoms with Crippen LogP contribution >= 0.6 is 0 Å². The van der Waals surface area contributed by atoms with Crippen molar-refractivity contribution < 1.29 is 18.7 Å². The summed E-state index contributed by atoms with van der Waals surface area (Å²) >= 11 is 0. The highest BCUT2D eigenvalue weighted by molar-refractivity contribution is 5.80. The summed E-state index contributed by atoms with van der Waals surface area (Å²) in [6.07, 6.45) is -0.0601. The van der Waals surface area contributed by atoms with E-state index in [9.17, 15) is 9.18 Å². The number of ether oxygens (including phenoxy) is 2. The first-order valence-corrected chi connectivity index (χ1v) is 6.94. The summed E-state index contributed by atoms with van der Waals surface area (Å²) in [6, 6.07) is 4.24. The summed E-state index contributed by atoms with van der Waals surface area (Å²) in [7, 11) is 1.60. The Morgan fingerprint density at radius 3 is 2.71 bits per heavy atom. The van der Waals surface area contributed by atoms with Gasteiger partial charge in [-0.2, -0.15) is 0 Å². The maximum absolute atomic E-state index is 13.9. The molecule has 1 amide bonds. The van der Waals surface area contributed by atoms with Crippen LogP contribution in [0.3, 0.4) is 0 Å². The average Bonchev–Trinajstić information content (AvgIpc) is 2.45. The van der Waals surface area contributed by atoms with Gasteiger partial charge in [0.25, 0.3) is 5.91 Å². The smallest absolute Gasteiger partial charge is 0.260 e. The number of hydrogen-bond donors (Lipinski definition) is 2. The summed E-state index contributed by atoms with van der Waals surface area (Å²) in [6.45, 7) is 4.41. The van der Waals surface area contributed by atoms with E-state index in [1.807, 2.05) is 0 Å². The molecule has 0 aliphatic carbocycles. The van der Waals surface area contributed by atoms with Crippen molar-refractivity contribution in [3.63, 3.8) is 0 Å². The summed E-state index contributed by atoms with van der Waals surface area (Å²) in [5, 5.41) is 2.70. The molecule has 1 rings (SSSR count). The van der Waals surface area contributed by atoms with Crippen LogP contribution in [-0.2, 0) is 9.53 Å². The molecule has 5 nitrogen and oxygen atoms in total.